The molecule has 1 saturated heterocycles. The third kappa shape index (κ3) is 7.10. The number of benzene rings is 1. The summed E-state index contributed by atoms with van der Waals surface area (Å²) in [5, 5.41) is 6.73. The lowest BCUT2D eigenvalue weighted by Gasteiger charge is -2.18. The molecule has 3 rings (SSSR count). The van der Waals surface area contributed by atoms with Crippen molar-refractivity contribution < 1.29 is 9.13 Å². The maximum Gasteiger partial charge on any atom is 0.191 e. The van der Waals surface area contributed by atoms with E-state index in [1.807, 2.05) is 6.92 Å². The van der Waals surface area contributed by atoms with Crippen molar-refractivity contribution in [2.75, 3.05) is 32.7 Å². The molecule has 27 heavy (non-hydrogen) atoms. The Morgan fingerprint density at radius 3 is 2.78 bits per heavy atom. The van der Waals surface area contributed by atoms with Gasteiger partial charge in [0.1, 0.15) is 6.10 Å². The van der Waals surface area contributed by atoms with Gasteiger partial charge in [0.05, 0.1) is 6.54 Å². The minimum atomic E-state index is -0.338. The fraction of sp³-hybridized carbons (Fsp3) is 0.650. The highest BCUT2D eigenvalue weighted by Gasteiger charge is 2.34. The average Bonchev–Trinajstić information content (AvgIpc) is 3.38. The maximum absolute atomic E-state index is 13.7. The highest BCUT2D eigenvalue weighted by atomic mass is 127. The Morgan fingerprint density at radius 1 is 1.30 bits per heavy atom. The Morgan fingerprint density at radius 2 is 2.07 bits per heavy atom. The van der Waals surface area contributed by atoms with Gasteiger partial charge in [-0.05, 0) is 57.7 Å². The molecular formula is C20H32FIN4O. The number of halogens is 2. The first-order chi connectivity index (χ1) is 12.7. The highest BCUT2D eigenvalue weighted by Crippen LogP contribution is 2.31. The van der Waals surface area contributed by atoms with Crippen LogP contribution in [0.1, 0.15) is 33.1 Å². The summed E-state index contributed by atoms with van der Waals surface area (Å²) in [5.41, 5.74) is 0. The fourth-order valence-electron chi connectivity index (χ4n) is 3.40. The molecule has 2 atom stereocenters. The van der Waals surface area contributed by atoms with Crippen molar-refractivity contribution in [3.8, 4) is 5.75 Å². The van der Waals surface area contributed by atoms with E-state index in [-0.39, 0.29) is 41.6 Å². The van der Waals surface area contributed by atoms with E-state index in [1.54, 1.807) is 18.2 Å². The first kappa shape index (κ1) is 22.2. The molecule has 1 aliphatic carbocycles. The molecule has 0 amide bonds. The predicted molar refractivity (Wildman–Crippen MR) is 119 cm³/mol. The van der Waals surface area contributed by atoms with Crippen LogP contribution < -0.4 is 15.4 Å². The van der Waals surface area contributed by atoms with Gasteiger partial charge in [0.15, 0.2) is 17.5 Å². The second-order valence-corrected chi connectivity index (χ2v) is 7.34. The molecular weight excluding hydrogens is 458 g/mol. The van der Waals surface area contributed by atoms with E-state index >= 15 is 0 Å². The van der Waals surface area contributed by atoms with Crippen molar-refractivity contribution >= 4 is 29.9 Å². The summed E-state index contributed by atoms with van der Waals surface area (Å²) >= 11 is 0. The Bertz CT molecular complexity index is 611. The smallest absolute Gasteiger partial charge is 0.191 e. The normalized spacial score (nSPS) is 21.4. The van der Waals surface area contributed by atoms with Crippen LogP contribution in [-0.4, -0.2) is 55.7 Å². The molecule has 2 unspecified atom stereocenters. The van der Waals surface area contributed by atoms with Crippen LogP contribution in [-0.2, 0) is 0 Å². The summed E-state index contributed by atoms with van der Waals surface area (Å²) in [7, 11) is 0. The van der Waals surface area contributed by atoms with Crippen molar-refractivity contribution in [1.29, 1.82) is 0 Å². The molecule has 0 spiro atoms. The third-order valence-electron chi connectivity index (χ3n) is 4.95. The molecule has 0 bridgehead atoms. The second kappa shape index (κ2) is 11.0. The van der Waals surface area contributed by atoms with Gasteiger partial charge in [-0.25, -0.2) is 9.38 Å². The summed E-state index contributed by atoms with van der Waals surface area (Å²) in [4.78, 5) is 7.23. The van der Waals surface area contributed by atoms with Crippen LogP contribution in [0.4, 0.5) is 4.39 Å². The first-order valence-corrected chi connectivity index (χ1v) is 9.83. The zero-order chi connectivity index (χ0) is 18.4. The van der Waals surface area contributed by atoms with E-state index in [1.165, 1.54) is 38.4 Å². The minimum Gasteiger partial charge on any atom is -0.486 e. The number of rotatable bonds is 8. The molecule has 0 radical (unpaired) electrons. The number of likely N-dealkylation sites (tertiary alicyclic amines) is 1. The molecule has 152 valence electrons. The number of nitrogens with zero attached hydrogens (tertiary/aromatic N) is 2. The van der Waals surface area contributed by atoms with Gasteiger partial charge in [-0.1, -0.05) is 12.1 Å². The van der Waals surface area contributed by atoms with E-state index in [4.69, 9.17) is 4.74 Å². The maximum atomic E-state index is 13.7. The summed E-state index contributed by atoms with van der Waals surface area (Å²) < 4.78 is 19.3. The lowest BCUT2D eigenvalue weighted by atomic mass is 10.1. The monoisotopic (exact) mass is 490 g/mol. The van der Waals surface area contributed by atoms with Gasteiger partial charge in [-0.15, -0.1) is 24.0 Å². The third-order valence-corrected chi connectivity index (χ3v) is 4.95. The van der Waals surface area contributed by atoms with Crippen LogP contribution >= 0.6 is 24.0 Å². The summed E-state index contributed by atoms with van der Waals surface area (Å²) in [6, 6.07) is 7.34. The molecule has 1 saturated carbocycles. The van der Waals surface area contributed by atoms with Crippen LogP contribution in [0.25, 0.3) is 0 Å². The van der Waals surface area contributed by atoms with Crippen molar-refractivity contribution in [2.24, 2.45) is 10.9 Å². The van der Waals surface area contributed by atoms with E-state index in [9.17, 15) is 4.39 Å². The van der Waals surface area contributed by atoms with Gasteiger partial charge in [0.2, 0.25) is 0 Å². The number of para-hydroxylation sites is 1. The van der Waals surface area contributed by atoms with E-state index in [2.05, 4.69) is 27.4 Å². The molecule has 1 aromatic rings. The fourth-order valence-corrected chi connectivity index (χ4v) is 3.40. The molecule has 1 heterocycles. The van der Waals surface area contributed by atoms with Crippen molar-refractivity contribution in [3.05, 3.63) is 30.1 Å². The van der Waals surface area contributed by atoms with E-state index in [0.29, 0.717) is 12.5 Å². The van der Waals surface area contributed by atoms with Gasteiger partial charge >= 0.3 is 0 Å². The number of guanidine groups is 1. The SMILES string of the molecule is CCNC(=NCC(C)Oc1ccccc1F)NCC1CCN(C2CC2)C1.I. The number of nitrogens with one attached hydrogen (secondary N) is 2. The first-order valence-electron chi connectivity index (χ1n) is 9.83. The van der Waals surface area contributed by atoms with Crippen LogP contribution in [0.2, 0.25) is 0 Å². The van der Waals surface area contributed by atoms with Gasteiger partial charge in [0.25, 0.3) is 0 Å². The Balaban J connectivity index is 0.00000261. The van der Waals surface area contributed by atoms with Crippen molar-refractivity contribution in [1.82, 2.24) is 15.5 Å². The molecule has 2 N–H and O–H groups in total. The largest absolute Gasteiger partial charge is 0.486 e. The van der Waals surface area contributed by atoms with Gasteiger partial charge in [-0.3, -0.25) is 0 Å². The zero-order valence-corrected chi connectivity index (χ0v) is 18.6. The summed E-state index contributed by atoms with van der Waals surface area (Å²) in [6.07, 6.45) is 3.82. The Hall–Kier alpha value is -1.09. The van der Waals surface area contributed by atoms with Crippen molar-refractivity contribution in [2.45, 2.75) is 45.3 Å². The average molecular weight is 490 g/mol. The molecule has 1 aromatic carbocycles. The van der Waals surface area contributed by atoms with Crippen LogP contribution in [0.3, 0.4) is 0 Å². The lowest BCUT2D eigenvalue weighted by Crippen LogP contribution is -2.41. The summed E-state index contributed by atoms with van der Waals surface area (Å²) in [5.74, 6) is 1.43. The molecule has 2 fully saturated rings. The van der Waals surface area contributed by atoms with Crippen LogP contribution in [0, 0.1) is 11.7 Å². The van der Waals surface area contributed by atoms with E-state index in [0.717, 1.165) is 25.1 Å². The Labute approximate surface area is 179 Å². The molecule has 0 aromatic heterocycles. The molecule has 5 nitrogen and oxygen atoms in total. The zero-order valence-electron chi connectivity index (χ0n) is 16.3. The number of ether oxygens (including phenoxy) is 1. The Kier molecular flexibility index (Phi) is 9.08. The topological polar surface area (TPSA) is 48.9 Å². The minimum absolute atomic E-state index is 0. The second-order valence-electron chi connectivity index (χ2n) is 7.34. The lowest BCUT2D eigenvalue weighted by molar-refractivity contribution is 0.220. The number of hydrogen-bond acceptors (Lipinski definition) is 3. The standard InChI is InChI=1S/C20H31FN4O.HI/c1-3-22-20(24-13-16-10-11-25(14-16)17-8-9-17)23-12-15(2)26-19-7-5-4-6-18(19)21;/h4-7,15-17H,3,8-14H2,1-2H3,(H2,22,23,24);1H. The highest BCUT2D eigenvalue weighted by molar-refractivity contribution is 14.0. The van der Waals surface area contributed by atoms with Gasteiger partial charge in [-0.2, -0.15) is 0 Å². The van der Waals surface area contributed by atoms with Crippen LogP contribution in [0.15, 0.2) is 29.3 Å². The van der Waals surface area contributed by atoms with Gasteiger partial charge < -0.3 is 20.3 Å². The quantitative estimate of drug-likeness (QED) is 0.334. The van der Waals surface area contributed by atoms with Crippen molar-refractivity contribution in [3.63, 3.8) is 0 Å². The molecule has 2 aliphatic rings. The van der Waals surface area contributed by atoms with Gasteiger partial charge in [0, 0.05) is 25.7 Å². The predicted octanol–water partition coefficient (Wildman–Crippen LogP) is 3.25. The number of hydrogen-bond donors (Lipinski definition) is 2. The van der Waals surface area contributed by atoms with Crippen LogP contribution in [0.5, 0.6) is 5.75 Å². The molecule has 1 aliphatic heterocycles. The number of aliphatic imine (C=N–C) groups is 1. The molecule has 7 heteroatoms. The summed E-state index contributed by atoms with van der Waals surface area (Å²) in [6.45, 7) is 8.63. The van der Waals surface area contributed by atoms with E-state index < -0.39 is 0 Å².